The number of hydrogen-bond acceptors (Lipinski definition) is 3. The van der Waals surface area contributed by atoms with Gasteiger partial charge in [0, 0.05) is 12.0 Å². The van der Waals surface area contributed by atoms with E-state index in [2.05, 4.69) is 16.9 Å². The minimum absolute atomic E-state index is 0.0999. The van der Waals surface area contributed by atoms with Gasteiger partial charge in [0.15, 0.2) is 5.16 Å². The van der Waals surface area contributed by atoms with Gasteiger partial charge in [-0.3, -0.25) is 4.79 Å². The summed E-state index contributed by atoms with van der Waals surface area (Å²) in [7, 11) is 0. The van der Waals surface area contributed by atoms with Crippen LogP contribution < -0.4 is 5.56 Å². The molecule has 0 aliphatic rings. The van der Waals surface area contributed by atoms with E-state index in [4.69, 9.17) is 0 Å². The minimum atomic E-state index is -0.271. The Labute approximate surface area is 121 Å². The molecule has 0 bridgehead atoms. The molecule has 3 nitrogen and oxygen atoms in total. The van der Waals surface area contributed by atoms with E-state index in [9.17, 15) is 9.18 Å². The molecule has 106 valence electrons. The SMILES string of the molecule is CCCc1nc(SC)[nH]c(=O)c1Cc1ccc(F)cc1. The van der Waals surface area contributed by atoms with Crippen molar-refractivity contribution in [1.82, 2.24) is 9.97 Å². The van der Waals surface area contributed by atoms with Crippen molar-refractivity contribution < 1.29 is 4.39 Å². The Bertz CT molecular complexity index is 637. The number of nitrogens with zero attached hydrogens (tertiary/aromatic N) is 1. The lowest BCUT2D eigenvalue weighted by atomic mass is 10.0. The van der Waals surface area contributed by atoms with Crippen LogP contribution in [-0.4, -0.2) is 16.2 Å². The third-order valence-corrected chi connectivity index (χ3v) is 3.63. The number of thioether (sulfide) groups is 1. The fraction of sp³-hybridized carbons (Fsp3) is 0.333. The summed E-state index contributed by atoms with van der Waals surface area (Å²) in [5, 5.41) is 0.640. The fourth-order valence-corrected chi connectivity index (χ4v) is 2.45. The van der Waals surface area contributed by atoms with E-state index in [-0.39, 0.29) is 11.4 Å². The quantitative estimate of drug-likeness (QED) is 0.680. The fourth-order valence-electron chi connectivity index (χ4n) is 2.05. The molecule has 0 amide bonds. The average molecular weight is 292 g/mol. The summed E-state index contributed by atoms with van der Waals surface area (Å²) in [6.45, 7) is 2.06. The van der Waals surface area contributed by atoms with Gasteiger partial charge < -0.3 is 4.98 Å². The van der Waals surface area contributed by atoms with Gasteiger partial charge in [0.25, 0.3) is 5.56 Å². The number of nitrogens with one attached hydrogen (secondary N) is 1. The number of H-pyrrole nitrogens is 1. The van der Waals surface area contributed by atoms with Crippen molar-refractivity contribution in [3.8, 4) is 0 Å². The molecule has 1 aromatic carbocycles. The number of aromatic amines is 1. The van der Waals surface area contributed by atoms with E-state index in [1.165, 1.54) is 23.9 Å². The summed E-state index contributed by atoms with van der Waals surface area (Å²) >= 11 is 1.42. The molecule has 0 radical (unpaired) electrons. The molecular weight excluding hydrogens is 275 g/mol. The number of rotatable bonds is 5. The van der Waals surface area contributed by atoms with Crippen LogP contribution >= 0.6 is 11.8 Å². The van der Waals surface area contributed by atoms with E-state index in [0.717, 1.165) is 24.1 Å². The van der Waals surface area contributed by atoms with E-state index in [1.54, 1.807) is 12.1 Å². The van der Waals surface area contributed by atoms with Crippen molar-refractivity contribution in [2.75, 3.05) is 6.26 Å². The van der Waals surface area contributed by atoms with Crippen molar-refractivity contribution in [2.45, 2.75) is 31.3 Å². The van der Waals surface area contributed by atoms with Gasteiger partial charge in [-0.2, -0.15) is 0 Å². The number of halogens is 1. The zero-order valence-electron chi connectivity index (χ0n) is 11.6. The van der Waals surface area contributed by atoms with Crippen molar-refractivity contribution in [3.05, 3.63) is 57.3 Å². The number of hydrogen-bond donors (Lipinski definition) is 1. The van der Waals surface area contributed by atoms with E-state index < -0.39 is 0 Å². The molecule has 0 saturated heterocycles. The second kappa shape index (κ2) is 6.70. The third-order valence-electron chi connectivity index (χ3n) is 3.05. The second-order valence-corrected chi connectivity index (χ2v) is 5.35. The molecule has 0 atom stereocenters. The highest BCUT2D eigenvalue weighted by Gasteiger charge is 2.11. The molecule has 20 heavy (non-hydrogen) atoms. The summed E-state index contributed by atoms with van der Waals surface area (Å²) in [6.07, 6.45) is 4.06. The zero-order chi connectivity index (χ0) is 14.5. The molecular formula is C15H17FN2OS. The lowest BCUT2D eigenvalue weighted by molar-refractivity contribution is 0.627. The molecule has 0 saturated carbocycles. The van der Waals surface area contributed by atoms with Gasteiger partial charge in [-0.05, 0) is 30.4 Å². The molecule has 1 aromatic heterocycles. The monoisotopic (exact) mass is 292 g/mol. The Hall–Kier alpha value is -1.62. The van der Waals surface area contributed by atoms with Gasteiger partial charge in [-0.25, -0.2) is 9.37 Å². The maximum absolute atomic E-state index is 12.9. The predicted molar refractivity (Wildman–Crippen MR) is 79.8 cm³/mol. The molecule has 2 rings (SSSR count). The molecule has 0 unspecified atom stereocenters. The summed E-state index contributed by atoms with van der Waals surface area (Å²) < 4.78 is 12.9. The predicted octanol–water partition coefficient (Wildman–Crippen LogP) is 3.17. The largest absolute Gasteiger partial charge is 0.301 e. The number of benzene rings is 1. The van der Waals surface area contributed by atoms with Crippen LogP contribution in [0, 0.1) is 5.82 Å². The molecule has 0 aliphatic heterocycles. The van der Waals surface area contributed by atoms with Crippen LogP contribution in [0.25, 0.3) is 0 Å². The van der Waals surface area contributed by atoms with Gasteiger partial charge in [0.05, 0.1) is 5.69 Å². The standard InChI is InChI=1S/C15H17FN2OS/c1-3-4-13-12(14(19)18-15(17-13)20-2)9-10-5-7-11(16)8-6-10/h5-8H,3-4,9H2,1-2H3,(H,17,18,19). The van der Waals surface area contributed by atoms with Crippen LogP contribution in [0.5, 0.6) is 0 Å². The van der Waals surface area contributed by atoms with Crippen LogP contribution in [0.15, 0.2) is 34.2 Å². The molecule has 2 aromatic rings. The lowest BCUT2D eigenvalue weighted by Gasteiger charge is -2.09. The van der Waals surface area contributed by atoms with Gasteiger partial charge >= 0.3 is 0 Å². The molecule has 0 spiro atoms. The molecule has 0 fully saturated rings. The Kier molecular flexibility index (Phi) is 4.95. The Morgan fingerprint density at radius 1 is 1.30 bits per heavy atom. The Balaban J connectivity index is 2.39. The number of aryl methyl sites for hydroxylation is 1. The smallest absolute Gasteiger partial charge is 0.255 e. The van der Waals surface area contributed by atoms with Crippen molar-refractivity contribution in [2.24, 2.45) is 0 Å². The van der Waals surface area contributed by atoms with Crippen molar-refractivity contribution in [3.63, 3.8) is 0 Å². The second-order valence-electron chi connectivity index (χ2n) is 4.55. The molecule has 1 heterocycles. The van der Waals surface area contributed by atoms with Crippen LogP contribution in [0.3, 0.4) is 0 Å². The van der Waals surface area contributed by atoms with Crippen LogP contribution in [0.1, 0.15) is 30.2 Å². The highest BCUT2D eigenvalue weighted by molar-refractivity contribution is 7.98. The first-order valence-electron chi connectivity index (χ1n) is 6.54. The first-order valence-corrected chi connectivity index (χ1v) is 7.77. The number of aromatic nitrogens is 2. The van der Waals surface area contributed by atoms with E-state index in [0.29, 0.717) is 17.1 Å². The first-order chi connectivity index (χ1) is 9.63. The van der Waals surface area contributed by atoms with Crippen LogP contribution in [0.4, 0.5) is 4.39 Å². The maximum Gasteiger partial charge on any atom is 0.255 e. The summed E-state index contributed by atoms with van der Waals surface area (Å²) in [4.78, 5) is 19.4. The average Bonchev–Trinajstić information content (AvgIpc) is 2.44. The van der Waals surface area contributed by atoms with Gasteiger partial charge in [-0.1, -0.05) is 37.2 Å². The summed E-state index contributed by atoms with van der Waals surface area (Å²) in [6, 6.07) is 6.22. The Morgan fingerprint density at radius 2 is 2.00 bits per heavy atom. The maximum atomic E-state index is 12.9. The molecule has 5 heteroatoms. The third kappa shape index (κ3) is 3.48. The normalized spacial score (nSPS) is 10.8. The van der Waals surface area contributed by atoms with Crippen molar-refractivity contribution in [1.29, 1.82) is 0 Å². The first kappa shape index (κ1) is 14.8. The summed E-state index contributed by atoms with van der Waals surface area (Å²) in [5.41, 5.74) is 2.33. The minimum Gasteiger partial charge on any atom is -0.301 e. The van der Waals surface area contributed by atoms with Crippen molar-refractivity contribution >= 4 is 11.8 Å². The van der Waals surface area contributed by atoms with Crippen LogP contribution in [0.2, 0.25) is 0 Å². The topological polar surface area (TPSA) is 45.8 Å². The molecule has 0 aliphatic carbocycles. The lowest BCUT2D eigenvalue weighted by Crippen LogP contribution is -2.19. The highest BCUT2D eigenvalue weighted by atomic mass is 32.2. The van der Waals surface area contributed by atoms with E-state index >= 15 is 0 Å². The zero-order valence-corrected chi connectivity index (χ0v) is 12.4. The van der Waals surface area contributed by atoms with Gasteiger partial charge in [0.2, 0.25) is 0 Å². The van der Waals surface area contributed by atoms with Gasteiger partial charge in [-0.15, -0.1) is 0 Å². The van der Waals surface area contributed by atoms with E-state index in [1.807, 2.05) is 6.26 Å². The van der Waals surface area contributed by atoms with Crippen LogP contribution in [-0.2, 0) is 12.8 Å². The highest BCUT2D eigenvalue weighted by Crippen LogP contribution is 2.14. The van der Waals surface area contributed by atoms with Gasteiger partial charge in [0.1, 0.15) is 5.82 Å². The summed E-state index contributed by atoms with van der Waals surface area (Å²) in [5.74, 6) is -0.271. The Morgan fingerprint density at radius 3 is 2.60 bits per heavy atom. The molecule has 1 N–H and O–H groups in total.